The first kappa shape index (κ1) is 26.9. The van der Waals surface area contributed by atoms with Gasteiger partial charge in [0.2, 0.25) is 0 Å². The molecule has 13 heteroatoms. The Morgan fingerprint density at radius 3 is 2.61 bits per heavy atom. The van der Waals surface area contributed by atoms with Crippen LogP contribution in [-0.2, 0) is 9.53 Å². The summed E-state index contributed by atoms with van der Waals surface area (Å²) in [6, 6.07) is 6.81. The van der Waals surface area contributed by atoms with Crippen molar-refractivity contribution in [2.75, 3.05) is 38.0 Å². The van der Waals surface area contributed by atoms with Gasteiger partial charge in [-0.15, -0.1) is 0 Å². The number of nitrogens with two attached hydrogens (primary N) is 2. The number of benzene rings is 1. The molecule has 0 spiro atoms. The number of hydrogen-bond donors (Lipinski definition) is 3. The molecule has 12 nitrogen and oxygen atoms in total. The molecule has 1 aromatic carbocycles. The molecule has 2 atom stereocenters. The molecule has 5 N–H and O–H groups in total. The zero-order valence-corrected chi connectivity index (χ0v) is 22.0. The maximum absolute atomic E-state index is 14.1. The van der Waals surface area contributed by atoms with E-state index in [0.717, 1.165) is 12.8 Å². The van der Waals surface area contributed by atoms with Gasteiger partial charge in [-0.25, -0.2) is 0 Å². The lowest BCUT2D eigenvalue weighted by atomic mass is 10.1. The zero-order valence-electron chi connectivity index (χ0n) is 21.2. The number of hydrogen-bond acceptors (Lipinski definition) is 10. The molecule has 2 aromatic heterocycles. The zero-order chi connectivity index (χ0) is 27.4. The number of nitrogens with one attached hydrogen (secondary N) is 1. The number of primary amides is 1. The molecule has 38 heavy (non-hydrogen) atoms. The molecular formula is C25H29N5O7S. The highest BCUT2D eigenvalue weighted by Crippen LogP contribution is 2.40. The van der Waals surface area contributed by atoms with Crippen molar-refractivity contribution in [1.29, 1.82) is 0 Å². The van der Waals surface area contributed by atoms with Gasteiger partial charge < -0.3 is 35.4 Å². The average Bonchev–Trinajstić information content (AvgIpc) is 3.66. The highest BCUT2D eigenvalue weighted by Gasteiger charge is 2.39. The first-order chi connectivity index (χ1) is 18.2. The maximum Gasteiger partial charge on any atom is 0.273 e. The van der Waals surface area contributed by atoms with Gasteiger partial charge in [0.05, 0.1) is 31.7 Å². The number of aromatic nitrogens is 1. The number of rotatable bonds is 10. The lowest BCUT2D eigenvalue weighted by Crippen LogP contribution is -2.45. The van der Waals surface area contributed by atoms with Crippen LogP contribution in [0.4, 0.5) is 11.4 Å². The van der Waals surface area contributed by atoms with Gasteiger partial charge >= 0.3 is 0 Å². The average molecular weight is 544 g/mol. The van der Waals surface area contributed by atoms with Gasteiger partial charge in [-0.1, -0.05) is 0 Å². The van der Waals surface area contributed by atoms with E-state index >= 15 is 0 Å². The number of nitrogens with zero attached hydrogens (tertiary/aromatic N) is 2. The molecular weight excluding hydrogens is 514 g/mol. The van der Waals surface area contributed by atoms with E-state index in [4.69, 9.17) is 30.1 Å². The minimum atomic E-state index is -1.28. The van der Waals surface area contributed by atoms with Crippen LogP contribution >= 0.6 is 11.5 Å². The highest BCUT2D eigenvalue weighted by atomic mass is 32.1. The Morgan fingerprint density at radius 2 is 2.03 bits per heavy atom. The number of carbonyl (C=O) groups is 3. The third-order valence-corrected chi connectivity index (χ3v) is 6.94. The van der Waals surface area contributed by atoms with E-state index in [-0.39, 0.29) is 46.1 Å². The van der Waals surface area contributed by atoms with Crippen molar-refractivity contribution in [3.63, 3.8) is 0 Å². The fraction of sp³-hybridized carbons (Fsp3) is 0.360. The molecule has 1 aliphatic rings. The number of amides is 3. The van der Waals surface area contributed by atoms with E-state index in [1.165, 1.54) is 19.1 Å². The molecule has 1 fully saturated rings. The molecule has 0 aliphatic carbocycles. The van der Waals surface area contributed by atoms with Crippen LogP contribution in [0.2, 0.25) is 0 Å². The Morgan fingerprint density at radius 1 is 1.24 bits per heavy atom. The van der Waals surface area contributed by atoms with Gasteiger partial charge in [0.25, 0.3) is 17.7 Å². The summed E-state index contributed by atoms with van der Waals surface area (Å²) in [6.07, 6.45) is 1.59. The third-order valence-electron chi connectivity index (χ3n) is 6.09. The van der Waals surface area contributed by atoms with Crippen LogP contribution in [0.1, 0.15) is 50.6 Å². The summed E-state index contributed by atoms with van der Waals surface area (Å²) in [6.45, 7) is 2.61. The van der Waals surface area contributed by atoms with E-state index in [9.17, 15) is 14.4 Å². The molecule has 0 radical (unpaired) electrons. The van der Waals surface area contributed by atoms with E-state index in [1.54, 1.807) is 37.3 Å². The second-order valence-electron chi connectivity index (χ2n) is 8.58. The Labute approximate surface area is 223 Å². The van der Waals surface area contributed by atoms with Crippen molar-refractivity contribution in [2.24, 2.45) is 5.73 Å². The molecule has 202 valence electrons. The highest BCUT2D eigenvalue weighted by molar-refractivity contribution is 7.09. The Kier molecular flexibility index (Phi) is 8.17. The molecule has 3 heterocycles. The molecule has 1 saturated heterocycles. The van der Waals surface area contributed by atoms with E-state index in [1.807, 2.05) is 0 Å². The van der Waals surface area contributed by atoms with Gasteiger partial charge in [0.1, 0.15) is 27.9 Å². The number of ether oxygens (including phenoxy) is 3. The SMILES string of the molecule is COc1ccc(N(C(=O)c2snc(C(N)=O)c2N)[C@H](C(=O)NC[C@H]2CCCO2)c2ccc(C)o2)c(OC)c1. The van der Waals surface area contributed by atoms with Crippen molar-refractivity contribution < 1.29 is 33.0 Å². The summed E-state index contributed by atoms with van der Waals surface area (Å²) in [7, 11) is 2.92. The van der Waals surface area contributed by atoms with Gasteiger partial charge in [-0.3, -0.25) is 19.3 Å². The molecule has 0 unspecified atom stereocenters. The lowest BCUT2D eigenvalue weighted by molar-refractivity contribution is -0.123. The summed E-state index contributed by atoms with van der Waals surface area (Å²) in [5, 5.41) is 2.89. The quantitative estimate of drug-likeness (QED) is 0.347. The fourth-order valence-electron chi connectivity index (χ4n) is 4.18. The van der Waals surface area contributed by atoms with Gasteiger partial charge in [0, 0.05) is 19.2 Å². The summed E-state index contributed by atoms with van der Waals surface area (Å²) in [4.78, 5) is 40.8. The minimum Gasteiger partial charge on any atom is -0.497 e. The number of methoxy groups -OCH3 is 2. The standard InChI is InChI=1S/C25H29N5O7S/c1-13-6-9-17(37-13)21(24(32)28-12-15-5-4-10-36-15)30(16-8-7-14(34-2)11-18(16)35-3)25(33)22-19(26)20(23(27)31)29-38-22/h6-9,11,15,21H,4-5,10,12,26H2,1-3H3,(H2,27,31)(H,28,32)/t15-,21+/m1/s1. The monoisotopic (exact) mass is 543 g/mol. The normalized spacial score (nSPS) is 15.6. The van der Waals surface area contributed by atoms with Crippen LogP contribution in [0.15, 0.2) is 34.7 Å². The number of carbonyl (C=O) groups excluding carboxylic acids is 3. The van der Waals surface area contributed by atoms with Crippen LogP contribution in [0, 0.1) is 6.92 Å². The van der Waals surface area contributed by atoms with Crippen LogP contribution in [-0.4, -0.2) is 55.6 Å². The molecule has 0 saturated carbocycles. The Hall–Kier alpha value is -4.10. The van der Waals surface area contributed by atoms with Crippen molar-refractivity contribution in [3.05, 3.63) is 52.4 Å². The molecule has 0 bridgehead atoms. The number of furan rings is 1. The van der Waals surface area contributed by atoms with E-state index in [2.05, 4.69) is 9.69 Å². The number of nitrogen functional groups attached to an aromatic ring is 1. The van der Waals surface area contributed by atoms with E-state index < -0.39 is 23.8 Å². The Balaban J connectivity index is 1.85. The van der Waals surface area contributed by atoms with Crippen molar-refractivity contribution in [2.45, 2.75) is 31.9 Å². The smallest absolute Gasteiger partial charge is 0.273 e. The van der Waals surface area contributed by atoms with Gasteiger partial charge in [0.15, 0.2) is 11.7 Å². The predicted octanol–water partition coefficient (Wildman–Crippen LogP) is 2.43. The van der Waals surface area contributed by atoms with Crippen molar-refractivity contribution in [1.82, 2.24) is 9.69 Å². The number of aryl methyl sites for hydroxylation is 1. The lowest BCUT2D eigenvalue weighted by Gasteiger charge is -2.31. The third kappa shape index (κ3) is 5.43. The molecule has 1 aliphatic heterocycles. The first-order valence-corrected chi connectivity index (χ1v) is 12.6. The summed E-state index contributed by atoms with van der Waals surface area (Å²) in [5.74, 6) is -0.632. The topological polar surface area (TPSA) is 172 Å². The van der Waals surface area contributed by atoms with Crippen LogP contribution < -0.4 is 31.2 Å². The van der Waals surface area contributed by atoms with Gasteiger partial charge in [-0.2, -0.15) is 4.37 Å². The van der Waals surface area contributed by atoms with Crippen molar-refractivity contribution in [3.8, 4) is 11.5 Å². The fourth-order valence-corrected chi connectivity index (χ4v) is 4.92. The molecule has 4 rings (SSSR count). The summed E-state index contributed by atoms with van der Waals surface area (Å²) < 4.78 is 26.3. The predicted molar refractivity (Wildman–Crippen MR) is 140 cm³/mol. The maximum atomic E-state index is 14.1. The van der Waals surface area contributed by atoms with Gasteiger partial charge in [-0.05, 0) is 55.6 Å². The molecule has 3 aromatic rings. The molecule has 3 amide bonds. The number of anilines is 2. The second-order valence-corrected chi connectivity index (χ2v) is 9.36. The summed E-state index contributed by atoms with van der Waals surface area (Å²) >= 11 is 0.705. The van der Waals surface area contributed by atoms with E-state index in [0.29, 0.717) is 29.6 Å². The van der Waals surface area contributed by atoms with Crippen molar-refractivity contribution >= 4 is 40.6 Å². The second kappa shape index (κ2) is 11.5. The summed E-state index contributed by atoms with van der Waals surface area (Å²) in [5.41, 5.74) is 11.3. The Bertz CT molecular complexity index is 1330. The van der Waals surface area contributed by atoms with Crippen LogP contribution in [0.5, 0.6) is 11.5 Å². The first-order valence-electron chi connectivity index (χ1n) is 11.8. The minimum absolute atomic E-state index is 0.0723. The van der Waals surface area contributed by atoms with Crippen LogP contribution in [0.25, 0.3) is 0 Å². The van der Waals surface area contributed by atoms with Crippen LogP contribution in [0.3, 0.4) is 0 Å². The largest absolute Gasteiger partial charge is 0.497 e.